The van der Waals surface area contributed by atoms with E-state index < -0.39 is 17.6 Å². The van der Waals surface area contributed by atoms with Crippen molar-refractivity contribution in [3.63, 3.8) is 0 Å². The molecular weight excluding hydrogens is 481 g/mol. The summed E-state index contributed by atoms with van der Waals surface area (Å²) in [5.74, 6) is -0.471. The average molecular weight is 513 g/mol. The van der Waals surface area contributed by atoms with Gasteiger partial charge in [0.2, 0.25) is 5.91 Å². The summed E-state index contributed by atoms with van der Waals surface area (Å²) >= 11 is 0. The van der Waals surface area contributed by atoms with E-state index in [2.05, 4.69) is 26.7 Å². The van der Waals surface area contributed by atoms with Gasteiger partial charge >= 0.3 is 6.18 Å². The molecule has 3 aliphatic heterocycles. The zero-order valence-electron chi connectivity index (χ0n) is 20.8. The topological polar surface area (TPSA) is 68.4 Å². The summed E-state index contributed by atoms with van der Waals surface area (Å²) in [6.07, 6.45) is -0.0191. The number of carbonyl (C=O) groups is 1. The van der Waals surface area contributed by atoms with Gasteiger partial charge in [0, 0.05) is 69.5 Å². The fourth-order valence-corrected chi connectivity index (χ4v) is 5.07. The molecule has 2 aromatic rings. The number of anilines is 1. The number of halogens is 3. The molecule has 37 heavy (non-hydrogen) atoms. The Hall–Kier alpha value is -3.37. The lowest BCUT2D eigenvalue weighted by Crippen LogP contribution is -2.43. The van der Waals surface area contributed by atoms with Gasteiger partial charge in [-0.2, -0.15) is 13.2 Å². The summed E-state index contributed by atoms with van der Waals surface area (Å²) in [5, 5.41) is 0. The Morgan fingerprint density at radius 1 is 1.03 bits per heavy atom. The normalized spacial score (nSPS) is 19.1. The molecule has 0 spiro atoms. The molecule has 0 atom stereocenters. The fraction of sp³-hybridized carbons (Fsp3) is 0.407. The van der Waals surface area contributed by atoms with Crippen molar-refractivity contribution in [1.82, 2.24) is 14.7 Å². The summed E-state index contributed by atoms with van der Waals surface area (Å²) in [6.45, 7) is 5.49. The fourth-order valence-electron chi connectivity index (χ4n) is 5.07. The number of allylic oxidation sites excluding steroid dienone is 1. The van der Waals surface area contributed by atoms with Crippen molar-refractivity contribution in [2.45, 2.75) is 25.7 Å². The average Bonchev–Trinajstić information content (AvgIpc) is 2.89. The minimum Gasteiger partial charge on any atom is -0.366 e. The molecule has 3 heterocycles. The first-order valence-corrected chi connectivity index (χ1v) is 12.4. The molecule has 0 aromatic heterocycles. The lowest BCUT2D eigenvalue weighted by atomic mass is 9.97. The number of aliphatic imine (C=N–C) groups is 1. The molecule has 0 radical (unpaired) electrons. The zero-order chi connectivity index (χ0) is 26.2. The Labute approximate surface area is 214 Å². The molecule has 1 amide bonds. The monoisotopic (exact) mass is 512 g/mol. The molecule has 0 saturated carbocycles. The number of hydrogen-bond acceptors (Lipinski definition) is 6. The molecule has 7 nitrogen and oxygen atoms in total. The molecule has 2 N–H and O–H groups in total. The number of likely N-dealkylation sites (N-methyl/N-ethyl adjacent to an activating group) is 1. The quantitative estimate of drug-likeness (QED) is 0.666. The Kier molecular flexibility index (Phi) is 6.96. The van der Waals surface area contributed by atoms with Crippen molar-refractivity contribution >= 4 is 17.8 Å². The molecule has 2 aromatic carbocycles. The van der Waals surface area contributed by atoms with Crippen molar-refractivity contribution in [3.05, 3.63) is 76.1 Å². The Morgan fingerprint density at radius 2 is 1.81 bits per heavy atom. The van der Waals surface area contributed by atoms with Gasteiger partial charge in [-0.1, -0.05) is 6.07 Å². The molecular formula is C27H31F3N6O. The summed E-state index contributed by atoms with van der Waals surface area (Å²) in [7, 11) is 2.05. The first-order valence-electron chi connectivity index (χ1n) is 12.4. The standard InChI is InChI=1S/C27H31F3N6O/c1-33-6-8-34(9-7-33)15-19-10-23(27(28,29)30)13-24(11-19)36-17-25(14-32-18-36)35-5-4-20-2-3-21(26(31)37)12-22(20)16-35/h2-3,10-14,17H,4-9,15-16,18H2,1H3,(H2,31,37). The van der Waals surface area contributed by atoms with Gasteiger partial charge < -0.3 is 20.4 Å². The molecule has 0 unspecified atom stereocenters. The summed E-state index contributed by atoms with van der Waals surface area (Å²) in [6, 6.07) is 9.80. The van der Waals surface area contributed by atoms with E-state index in [1.54, 1.807) is 17.2 Å². The van der Waals surface area contributed by atoms with Crippen molar-refractivity contribution in [1.29, 1.82) is 0 Å². The third-order valence-corrected chi connectivity index (χ3v) is 7.25. The van der Waals surface area contributed by atoms with Crippen molar-refractivity contribution in [2.75, 3.05) is 51.3 Å². The van der Waals surface area contributed by atoms with E-state index in [-0.39, 0.29) is 6.67 Å². The predicted molar refractivity (Wildman–Crippen MR) is 137 cm³/mol. The number of piperazine rings is 1. The van der Waals surface area contributed by atoms with E-state index in [0.717, 1.165) is 56.0 Å². The molecule has 5 rings (SSSR count). The van der Waals surface area contributed by atoms with Gasteiger partial charge in [-0.05, 0) is 60.5 Å². The molecule has 0 aliphatic carbocycles. The van der Waals surface area contributed by atoms with Crippen LogP contribution in [0.2, 0.25) is 0 Å². The molecule has 0 bridgehead atoms. The van der Waals surface area contributed by atoms with Crippen LogP contribution in [0.3, 0.4) is 0 Å². The van der Waals surface area contributed by atoms with E-state index in [0.29, 0.717) is 29.9 Å². The van der Waals surface area contributed by atoms with Gasteiger partial charge in [0.25, 0.3) is 0 Å². The minimum absolute atomic E-state index is 0.245. The van der Waals surface area contributed by atoms with Crippen LogP contribution >= 0.6 is 0 Å². The third-order valence-electron chi connectivity index (χ3n) is 7.25. The summed E-state index contributed by atoms with van der Waals surface area (Å²) in [4.78, 5) is 24.4. The molecule has 3 aliphatic rings. The SMILES string of the molecule is CN1CCN(Cc2cc(N3C=C(N4CCc5ccc(C(N)=O)cc5C4)C=NC3)cc(C(F)(F)F)c2)CC1. The van der Waals surface area contributed by atoms with Gasteiger partial charge in [-0.3, -0.25) is 14.7 Å². The maximum Gasteiger partial charge on any atom is 0.416 e. The second-order valence-electron chi connectivity index (χ2n) is 9.96. The van der Waals surface area contributed by atoms with Crippen molar-refractivity contribution in [3.8, 4) is 0 Å². The Balaban J connectivity index is 1.39. The second kappa shape index (κ2) is 10.2. The highest BCUT2D eigenvalue weighted by molar-refractivity contribution is 5.93. The van der Waals surface area contributed by atoms with Crippen LogP contribution in [0.4, 0.5) is 18.9 Å². The highest BCUT2D eigenvalue weighted by Gasteiger charge is 2.32. The number of carbonyl (C=O) groups excluding carboxylic acids is 1. The van der Waals surface area contributed by atoms with Gasteiger partial charge in [0.05, 0.1) is 11.3 Å². The van der Waals surface area contributed by atoms with Crippen LogP contribution in [0.1, 0.15) is 32.6 Å². The highest BCUT2D eigenvalue weighted by Crippen LogP contribution is 2.34. The van der Waals surface area contributed by atoms with Crippen molar-refractivity contribution in [2.24, 2.45) is 10.7 Å². The van der Waals surface area contributed by atoms with E-state index in [1.807, 2.05) is 24.4 Å². The number of alkyl halides is 3. The van der Waals surface area contributed by atoms with E-state index in [4.69, 9.17) is 5.73 Å². The van der Waals surface area contributed by atoms with Crippen LogP contribution in [0, 0.1) is 0 Å². The van der Waals surface area contributed by atoms with Crippen LogP contribution in [-0.4, -0.2) is 73.3 Å². The van der Waals surface area contributed by atoms with Gasteiger partial charge in [-0.25, -0.2) is 0 Å². The lowest BCUT2D eigenvalue weighted by Gasteiger charge is -2.34. The Bertz CT molecular complexity index is 1230. The number of rotatable bonds is 5. The molecule has 1 saturated heterocycles. The van der Waals surface area contributed by atoms with Gasteiger partial charge in [-0.15, -0.1) is 0 Å². The third kappa shape index (κ3) is 5.80. The van der Waals surface area contributed by atoms with E-state index in [1.165, 1.54) is 12.1 Å². The van der Waals surface area contributed by atoms with Crippen LogP contribution in [0.5, 0.6) is 0 Å². The number of fused-ring (bicyclic) bond motifs is 1. The van der Waals surface area contributed by atoms with Crippen LogP contribution in [0.15, 0.2) is 53.3 Å². The maximum atomic E-state index is 13.8. The number of benzene rings is 2. The van der Waals surface area contributed by atoms with Crippen LogP contribution in [-0.2, 0) is 25.7 Å². The highest BCUT2D eigenvalue weighted by atomic mass is 19.4. The first-order chi connectivity index (χ1) is 17.7. The summed E-state index contributed by atoms with van der Waals surface area (Å²) < 4.78 is 41.5. The second-order valence-corrected chi connectivity index (χ2v) is 9.96. The number of primary amides is 1. The zero-order valence-corrected chi connectivity index (χ0v) is 20.8. The summed E-state index contributed by atoms with van der Waals surface area (Å²) in [5.41, 5.74) is 9.38. The maximum absolute atomic E-state index is 13.8. The molecule has 10 heteroatoms. The number of hydrogen-bond donors (Lipinski definition) is 1. The van der Waals surface area contributed by atoms with E-state index in [9.17, 15) is 18.0 Å². The van der Waals surface area contributed by atoms with Gasteiger partial charge in [0.15, 0.2) is 0 Å². The van der Waals surface area contributed by atoms with Gasteiger partial charge in [0.1, 0.15) is 6.67 Å². The minimum atomic E-state index is -4.44. The van der Waals surface area contributed by atoms with Crippen LogP contribution < -0.4 is 10.6 Å². The van der Waals surface area contributed by atoms with Crippen molar-refractivity contribution < 1.29 is 18.0 Å². The van der Waals surface area contributed by atoms with Crippen LogP contribution in [0.25, 0.3) is 0 Å². The molecule has 1 fully saturated rings. The predicted octanol–water partition coefficient (Wildman–Crippen LogP) is 3.30. The largest absolute Gasteiger partial charge is 0.416 e. The Morgan fingerprint density at radius 3 is 2.54 bits per heavy atom. The molecule has 196 valence electrons. The smallest absolute Gasteiger partial charge is 0.366 e. The van der Waals surface area contributed by atoms with E-state index >= 15 is 0 Å². The number of amides is 1. The first kappa shape index (κ1) is 25.3. The lowest BCUT2D eigenvalue weighted by molar-refractivity contribution is -0.137. The number of nitrogens with zero attached hydrogens (tertiary/aromatic N) is 5. The number of nitrogens with two attached hydrogens (primary N) is 1.